The molecule has 0 aliphatic carbocycles. The first-order valence-corrected chi connectivity index (χ1v) is 11.4. The lowest BCUT2D eigenvalue weighted by Gasteiger charge is -2.23. The number of thioether (sulfide) groups is 1. The quantitative estimate of drug-likeness (QED) is 0.400. The van der Waals surface area contributed by atoms with Gasteiger partial charge in [-0.3, -0.25) is 14.8 Å². The van der Waals surface area contributed by atoms with Crippen molar-refractivity contribution in [3.63, 3.8) is 0 Å². The Balaban J connectivity index is 1.39. The Labute approximate surface area is 183 Å². The highest BCUT2D eigenvalue weighted by atomic mass is 32.2. The second-order valence-electron chi connectivity index (χ2n) is 7.51. The highest BCUT2D eigenvalue weighted by molar-refractivity contribution is 7.99. The number of hydrogen-bond donors (Lipinski definition) is 1. The van der Waals surface area contributed by atoms with Crippen molar-refractivity contribution in [2.24, 2.45) is 10.9 Å². The lowest BCUT2D eigenvalue weighted by atomic mass is 10.2. The van der Waals surface area contributed by atoms with Gasteiger partial charge in [0.05, 0.1) is 6.54 Å². The van der Waals surface area contributed by atoms with Crippen LogP contribution in [0.2, 0.25) is 0 Å². The fraction of sp³-hybridized carbons (Fsp3) is 0.435. The number of rotatable bonds is 8. The van der Waals surface area contributed by atoms with E-state index in [0.717, 1.165) is 43.3 Å². The second-order valence-corrected chi connectivity index (χ2v) is 8.61. The molecule has 1 N–H and O–H groups in total. The molecular weight excluding hydrogens is 394 g/mol. The van der Waals surface area contributed by atoms with Crippen LogP contribution in [0, 0.1) is 5.92 Å². The van der Waals surface area contributed by atoms with Crippen molar-refractivity contribution >= 4 is 23.6 Å². The largest absolute Gasteiger partial charge is 0.347 e. The maximum atomic E-state index is 12.5. The average molecular weight is 426 g/mol. The van der Waals surface area contributed by atoms with Gasteiger partial charge in [-0.05, 0) is 36.6 Å². The zero-order valence-corrected chi connectivity index (χ0v) is 18.6. The van der Waals surface area contributed by atoms with Crippen molar-refractivity contribution in [2.45, 2.75) is 17.7 Å². The van der Waals surface area contributed by atoms with Gasteiger partial charge in [0.25, 0.3) is 0 Å². The van der Waals surface area contributed by atoms with Crippen LogP contribution in [-0.4, -0.2) is 72.7 Å². The molecule has 2 heterocycles. The number of nitrogens with one attached hydrogen (secondary N) is 1. The second kappa shape index (κ2) is 11.6. The SMILES string of the molecule is CN=C(NCC(=O)N(C)CCc1ccccn1)N1CCC(CSc2ccccc2)C1. The topological polar surface area (TPSA) is 60.8 Å². The van der Waals surface area contributed by atoms with Gasteiger partial charge in [-0.2, -0.15) is 0 Å². The van der Waals surface area contributed by atoms with Gasteiger partial charge < -0.3 is 15.1 Å². The third-order valence-corrected chi connectivity index (χ3v) is 6.52. The molecule has 1 saturated heterocycles. The summed E-state index contributed by atoms with van der Waals surface area (Å²) < 4.78 is 0. The van der Waals surface area contributed by atoms with E-state index in [1.807, 2.05) is 43.1 Å². The Morgan fingerprint density at radius 3 is 2.80 bits per heavy atom. The molecule has 0 spiro atoms. The van der Waals surface area contributed by atoms with E-state index >= 15 is 0 Å². The summed E-state index contributed by atoms with van der Waals surface area (Å²) >= 11 is 1.91. The molecule has 0 saturated carbocycles. The Hall–Kier alpha value is -2.54. The van der Waals surface area contributed by atoms with E-state index < -0.39 is 0 Å². The molecule has 1 aromatic heterocycles. The third-order valence-electron chi connectivity index (χ3n) is 5.28. The minimum absolute atomic E-state index is 0.0578. The first-order valence-electron chi connectivity index (χ1n) is 10.4. The van der Waals surface area contributed by atoms with E-state index in [1.54, 1.807) is 18.1 Å². The van der Waals surface area contributed by atoms with Crippen LogP contribution >= 0.6 is 11.8 Å². The van der Waals surface area contributed by atoms with Gasteiger partial charge in [0.15, 0.2) is 5.96 Å². The molecular formula is C23H31N5OS. The Morgan fingerprint density at radius 2 is 2.07 bits per heavy atom. The van der Waals surface area contributed by atoms with Crippen LogP contribution in [0.4, 0.5) is 0 Å². The van der Waals surface area contributed by atoms with Crippen molar-refractivity contribution < 1.29 is 4.79 Å². The number of guanidine groups is 1. The summed E-state index contributed by atoms with van der Waals surface area (Å²) in [6.07, 6.45) is 3.69. The molecule has 1 aliphatic rings. The monoisotopic (exact) mass is 425 g/mol. The molecule has 0 bridgehead atoms. The number of nitrogens with zero attached hydrogens (tertiary/aromatic N) is 4. The summed E-state index contributed by atoms with van der Waals surface area (Å²) in [6, 6.07) is 16.4. The number of pyridine rings is 1. The van der Waals surface area contributed by atoms with E-state index in [4.69, 9.17) is 0 Å². The van der Waals surface area contributed by atoms with Crippen LogP contribution in [0.15, 0.2) is 64.6 Å². The molecule has 7 heteroatoms. The maximum Gasteiger partial charge on any atom is 0.241 e. The smallest absolute Gasteiger partial charge is 0.241 e. The highest BCUT2D eigenvalue weighted by Gasteiger charge is 2.25. The maximum absolute atomic E-state index is 12.5. The van der Waals surface area contributed by atoms with E-state index in [0.29, 0.717) is 12.5 Å². The van der Waals surface area contributed by atoms with Crippen LogP contribution in [0.25, 0.3) is 0 Å². The lowest BCUT2D eigenvalue weighted by Crippen LogP contribution is -2.45. The van der Waals surface area contributed by atoms with E-state index in [2.05, 4.69) is 44.5 Å². The van der Waals surface area contributed by atoms with Crippen molar-refractivity contribution in [3.05, 3.63) is 60.4 Å². The van der Waals surface area contributed by atoms with Gasteiger partial charge in [0.2, 0.25) is 5.91 Å². The number of benzene rings is 1. The Bertz CT molecular complexity index is 815. The number of likely N-dealkylation sites (tertiary alicyclic amines) is 1. The van der Waals surface area contributed by atoms with Gasteiger partial charge in [-0.25, -0.2) is 0 Å². The molecule has 0 radical (unpaired) electrons. The summed E-state index contributed by atoms with van der Waals surface area (Å²) in [7, 11) is 3.62. The van der Waals surface area contributed by atoms with Crippen molar-refractivity contribution in [2.75, 3.05) is 46.0 Å². The van der Waals surface area contributed by atoms with Gasteiger partial charge >= 0.3 is 0 Å². The molecule has 1 fully saturated rings. The van der Waals surface area contributed by atoms with E-state index in [-0.39, 0.29) is 12.5 Å². The fourth-order valence-corrected chi connectivity index (χ4v) is 4.52. The number of hydrogen-bond acceptors (Lipinski definition) is 4. The van der Waals surface area contributed by atoms with Crippen LogP contribution in [0.3, 0.4) is 0 Å². The van der Waals surface area contributed by atoms with Crippen molar-refractivity contribution in [1.82, 2.24) is 20.1 Å². The molecule has 1 aliphatic heterocycles. The summed E-state index contributed by atoms with van der Waals surface area (Å²) in [6.45, 7) is 2.86. The van der Waals surface area contributed by atoms with Gasteiger partial charge in [0.1, 0.15) is 0 Å². The van der Waals surface area contributed by atoms with Gasteiger partial charge in [0, 0.05) is 62.7 Å². The van der Waals surface area contributed by atoms with Crippen LogP contribution < -0.4 is 5.32 Å². The first kappa shape index (κ1) is 22.2. The lowest BCUT2D eigenvalue weighted by molar-refractivity contribution is -0.128. The minimum Gasteiger partial charge on any atom is -0.347 e. The predicted octanol–water partition coefficient (Wildman–Crippen LogP) is 2.77. The molecule has 1 aromatic carbocycles. The highest BCUT2D eigenvalue weighted by Crippen LogP contribution is 2.25. The number of aromatic nitrogens is 1. The molecule has 30 heavy (non-hydrogen) atoms. The molecule has 6 nitrogen and oxygen atoms in total. The van der Waals surface area contributed by atoms with Crippen LogP contribution in [0.1, 0.15) is 12.1 Å². The average Bonchev–Trinajstić information content (AvgIpc) is 3.26. The van der Waals surface area contributed by atoms with Gasteiger partial charge in [-0.15, -0.1) is 11.8 Å². The summed E-state index contributed by atoms with van der Waals surface area (Å²) in [5.41, 5.74) is 0.998. The predicted molar refractivity (Wildman–Crippen MR) is 124 cm³/mol. The number of carbonyl (C=O) groups excluding carboxylic acids is 1. The molecule has 3 rings (SSSR count). The van der Waals surface area contributed by atoms with Crippen molar-refractivity contribution in [1.29, 1.82) is 0 Å². The standard InChI is InChI=1S/C23H31N5OS/c1-24-23(26-16-22(29)27(2)14-12-20-8-6-7-13-25-20)28-15-11-19(17-28)18-30-21-9-4-3-5-10-21/h3-10,13,19H,11-12,14-18H2,1-2H3,(H,24,26). The van der Waals surface area contributed by atoms with Crippen molar-refractivity contribution in [3.8, 4) is 0 Å². The third kappa shape index (κ3) is 6.76. The molecule has 1 unspecified atom stereocenters. The fourth-order valence-electron chi connectivity index (χ4n) is 3.47. The summed E-state index contributed by atoms with van der Waals surface area (Å²) in [4.78, 5) is 26.5. The molecule has 2 aromatic rings. The molecule has 160 valence electrons. The van der Waals surface area contributed by atoms with Crippen LogP contribution in [0.5, 0.6) is 0 Å². The summed E-state index contributed by atoms with van der Waals surface area (Å²) in [5, 5.41) is 3.25. The Kier molecular flexibility index (Phi) is 8.56. The number of likely N-dealkylation sites (N-methyl/N-ethyl adjacent to an activating group) is 1. The number of amides is 1. The minimum atomic E-state index is 0.0578. The first-order chi connectivity index (χ1) is 14.7. The number of carbonyl (C=O) groups is 1. The molecule has 1 amide bonds. The van der Waals surface area contributed by atoms with E-state index in [9.17, 15) is 4.79 Å². The molecule has 1 atom stereocenters. The zero-order chi connectivity index (χ0) is 21.2. The number of aliphatic imine (C=N–C) groups is 1. The van der Waals surface area contributed by atoms with E-state index in [1.165, 1.54) is 4.90 Å². The van der Waals surface area contributed by atoms with Gasteiger partial charge in [-0.1, -0.05) is 24.3 Å². The summed E-state index contributed by atoms with van der Waals surface area (Å²) in [5.74, 6) is 2.61. The Morgan fingerprint density at radius 1 is 1.27 bits per heavy atom. The normalized spacial score (nSPS) is 16.5. The zero-order valence-electron chi connectivity index (χ0n) is 17.8. The van der Waals surface area contributed by atoms with Crippen LogP contribution in [-0.2, 0) is 11.2 Å².